The van der Waals surface area contributed by atoms with Crippen LogP contribution in [-0.4, -0.2) is 11.7 Å². The number of rotatable bonds is 2. The van der Waals surface area contributed by atoms with Gasteiger partial charge in [0, 0.05) is 11.5 Å². The Morgan fingerprint density at radius 2 is 2.36 bits per heavy atom. The van der Waals surface area contributed by atoms with Crippen molar-refractivity contribution in [1.29, 1.82) is 0 Å². The molecule has 0 aliphatic rings. The fourth-order valence-corrected chi connectivity index (χ4v) is 2.77. The van der Waals surface area contributed by atoms with Gasteiger partial charge in [-0.05, 0) is 34.3 Å². The smallest absolute Gasteiger partial charge is 0.140 e. The lowest BCUT2D eigenvalue weighted by Gasteiger charge is -2.06. The van der Waals surface area contributed by atoms with Crippen molar-refractivity contribution in [3.8, 4) is 11.5 Å². The Balaban J connectivity index is 2.71. The molecule has 2 aromatic rings. The van der Waals surface area contributed by atoms with E-state index in [2.05, 4.69) is 15.9 Å². The van der Waals surface area contributed by atoms with Crippen LogP contribution in [0.1, 0.15) is 6.92 Å². The fourth-order valence-electron chi connectivity index (χ4n) is 1.33. The highest BCUT2D eigenvalue weighted by atomic mass is 79.9. The van der Waals surface area contributed by atoms with Crippen molar-refractivity contribution in [3.05, 3.63) is 22.0 Å². The Morgan fingerprint density at radius 1 is 1.57 bits per heavy atom. The first-order valence-corrected chi connectivity index (χ1v) is 5.92. The third kappa shape index (κ3) is 1.48. The van der Waals surface area contributed by atoms with E-state index < -0.39 is 0 Å². The summed E-state index contributed by atoms with van der Waals surface area (Å²) in [4.78, 5) is 0. The van der Waals surface area contributed by atoms with Crippen molar-refractivity contribution in [2.45, 2.75) is 6.92 Å². The lowest BCUT2D eigenvalue weighted by atomic mass is 10.2. The summed E-state index contributed by atoms with van der Waals surface area (Å²) >= 11 is 4.96. The minimum Gasteiger partial charge on any atom is -0.507 e. The lowest BCUT2D eigenvalue weighted by molar-refractivity contribution is 0.342. The summed E-state index contributed by atoms with van der Waals surface area (Å²) in [7, 11) is 0. The topological polar surface area (TPSA) is 29.5 Å². The predicted octanol–water partition coefficient (Wildman–Crippen LogP) is 3.77. The maximum Gasteiger partial charge on any atom is 0.140 e. The number of hydrogen-bond donors (Lipinski definition) is 1. The van der Waals surface area contributed by atoms with Crippen LogP contribution in [0.15, 0.2) is 22.0 Å². The van der Waals surface area contributed by atoms with E-state index in [-0.39, 0.29) is 5.75 Å². The maximum atomic E-state index is 9.62. The molecule has 14 heavy (non-hydrogen) atoms. The van der Waals surface area contributed by atoms with Gasteiger partial charge in [0.15, 0.2) is 0 Å². The molecule has 74 valence electrons. The first-order valence-electron chi connectivity index (χ1n) is 4.25. The van der Waals surface area contributed by atoms with Gasteiger partial charge in [0.25, 0.3) is 0 Å². The number of halogens is 1. The van der Waals surface area contributed by atoms with E-state index >= 15 is 0 Å². The molecule has 0 aliphatic carbocycles. The number of thiophene rings is 1. The Hall–Kier alpha value is -0.740. The predicted molar refractivity (Wildman–Crippen MR) is 62.4 cm³/mol. The van der Waals surface area contributed by atoms with Crippen LogP contribution in [0, 0.1) is 0 Å². The normalized spacial score (nSPS) is 10.7. The van der Waals surface area contributed by atoms with Crippen molar-refractivity contribution in [2.24, 2.45) is 0 Å². The van der Waals surface area contributed by atoms with Crippen LogP contribution in [0.25, 0.3) is 10.1 Å². The third-order valence-corrected chi connectivity index (χ3v) is 3.68. The quantitative estimate of drug-likeness (QED) is 0.902. The monoisotopic (exact) mass is 272 g/mol. The second-order valence-electron chi connectivity index (χ2n) is 2.80. The average molecular weight is 273 g/mol. The summed E-state index contributed by atoms with van der Waals surface area (Å²) in [6.07, 6.45) is 0. The molecule has 0 aliphatic heterocycles. The van der Waals surface area contributed by atoms with Gasteiger partial charge < -0.3 is 9.84 Å². The first-order chi connectivity index (χ1) is 6.74. The van der Waals surface area contributed by atoms with Crippen molar-refractivity contribution in [3.63, 3.8) is 0 Å². The zero-order chi connectivity index (χ0) is 10.1. The number of phenolic OH excluding ortho intramolecular Hbond substituents is 1. The summed E-state index contributed by atoms with van der Waals surface area (Å²) < 4.78 is 7.24. The van der Waals surface area contributed by atoms with Gasteiger partial charge in [0.05, 0.1) is 15.8 Å². The van der Waals surface area contributed by atoms with E-state index in [1.807, 2.05) is 18.4 Å². The van der Waals surface area contributed by atoms with Crippen molar-refractivity contribution in [2.75, 3.05) is 6.61 Å². The summed E-state index contributed by atoms with van der Waals surface area (Å²) in [6.45, 7) is 2.53. The molecule has 1 aromatic carbocycles. The van der Waals surface area contributed by atoms with Crippen LogP contribution in [0.4, 0.5) is 0 Å². The van der Waals surface area contributed by atoms with E-state index in [9.17, 15) is 5.11 Å². The molecule has 0 saturated carbocycles. The van der Waals surface area contributed by atoms with Gasteiger partial charge in [-0.3, -0.25) is 0 Å². The van der Waals surface area contributed by atoms with Crippen LogP contribution in [-0.2, 0) is 0 Å². The molecular formula is C10H9BrO2S. The van der Waals surface area contributed by atoms with Crippen LogP contribution >= 0.6 is 27.3 Å². The fraction of sp³-hybridized carbons (Fsp3) is 0.200. The lowest BCUT2D eigenvalue weighted by Crippen LogP contribution is -1.91. The number of benzene rings is 1. The van der Waals surface area contributed by atoms with Crippen LogP contribution in [0.3, 0.4) is 0 Å². The first kappa shape index (κ1) is 9.80. The summed E-state index contributed by atoms with van der Waals surface area (Å²) in [5, 5.41) is 12.6. The number of aromatic hydroxyl groups is 1. The van der Waals surface area contributed by atoms with Gasteiger partial charge in [0.2, 0.25) is 0 Å². The molecule has 0 atom stereocenters. The SMILES string of the molecule is CCOc1cc(O)c(Br)c2ccsc12. The largest absolute Gasteiger partial charge is 0.507 e. The van der Waals surface area contributed by atoms with Gasteiger partial charge in [-0.1, -0.05) is 0 Å². The Kier molecular flexibility index (Phi) is 2.65. The van der Waals surface area contributed by atoms with E-state index in [1.165, 1.54) is 0 Å². The van der Waals surface area contributed by atoms with Crippen LogP contribution < -0.4 is 4.74 Å². The molecule has 0 unspecified atom stereocenters. The molecule has 0 bridgehead atoms. The molecular weight excluding hydrogens is 264 g/mol. The standard InChI is InChI=1S/C10H9BrO2S/c1-2-13-8-5-7(12)9(11)6-3-4-14-10(6)8/h3-5,12H,2H2,1H3. The molecule has 1 heterocycles. The highest BCUT2D eigenvalue weighted by molar-refractivity contribution is 9.10. The zero-order valence-corrected chi connectivity index (χ0v) is 9.98. The van der Waals surface area contributed by atoms with Crippen LogP contribution in [0.2, 0.25) is 0 Å². The van der Waals surface area contributed by atoms with E-state index in [0.29, 0.717) is 6.61 Å². The second kappa shape index (κ2) is 3.79. The van der Waals surface area contributed by atoms with Crippen molar-refractivity contribution in [1.82, 2.24) is 0 Å². The van der Waals surface area contributed by atoms with E-state index in [0.717, 1.165) is 20.3 Å². The highest BCUT2D eigenvalue weighted by Gasteiger charge is 2.11. The molecule has 2 nitrogen and oxygen atoms in total. The zero-order valence-electron chi connectivity index (χ0n) is 7.58. The molecule has 0 fully saturated rings. The molecule has 0 amide bonds. The second-order valence-corrected chi connectivity index (χ2v) is 4.51. The highest BCUT2D eigenvalue weighted by Crippen LogP contribution is 2.41. The number of fused-ring (bicyclic) bond motifs is 1. The van der Waals surface area contributed by atoms with Crippen LogP contribution in [0.5, 0.6) is 11.5 Å². The van der Waals surface area contributed by atoms with Gasteiger partial charge in [0.1, 0.15) is 11.5 Å². The molecule has 4 heteroatoms. The van der Waals surface area contributed by atoms with E-state index in [4.69, 9.17) is 4.74 Å². The Labute approximate surface area is 94.3 Å². The third-order valence-electron chi connectivity index (χ3n) is 1.92. The van der Waals surface area contributed by atoms with Gasteiger partial charge in [-0.15, -0.1) is 11.3 Å². The molecule has 0 saturated heterocycles. The number of ether oxygens (including phenoxy) is 1. The number of hydrogen-bond acceptors (Lipinski definition) is 3. The summed E-state index contributed by atoms with van der Waals surface area (Å²) in [6, 6.07) is 3.61. The van der Waals surface area contributed by atoms with Gasteiger partial charge >= 0.3 is 0 Å². The minimum atomic E-state index is 0.222. The minimum absolute atomic E-state index is 0.222. The number of phenols is 1. The van der Waals surface area contributed by atoms with Crippen molar-refractivity contribution < 1.29 is 9.84 Å². The Bertz CT molecular complexity index is 464. The Morgan fingerprint density at radius 3 is 3.07 bits per heavy atom. The molecule has 2 rings (SSSR count). The molecule has 0 spiro atoms. The molecule has 1 N–H and O–H groups in total. The van der Waals surface area contributed by atoms with Crippen molar-refractivity contribution >= 4 is 37.4 Å². The summed E-state index contributed by atoms with van der Waals surface area (Å²) in [5.74, 6) is 0.970. The molecule has 0 radical (unpaired) electrons. The summed E-state index contributed by atoms with van der Waals surface area (Å²) in [5.41, 5.74) is 0. The molecule has 1 aromatic heterocycles. The van der Waals surface area contributed by atoms with Gasteiger partial charge in [-0.25, -0.2) is 0 Å². The van der Waals surface area contributed by atoms with Gasteiger partial charge in [-0.2, -0.15) is 0 Å². The average Bonchev–Trinajstić information content (AvgIpc) is 2.63. The maximum absolute atomic E-state index is 9.62. The van der Waals surface area contributed by atoms with E-state index in [1.54, 1.807) is 17.4 Å².